The molecule has 0 N–H and O–H groups in total. The van der Waals surface area contributed by atoms with Gasteiger partial charge in [-0.3, -0.25) is 4.98 Å². The van der Waals surface area contributed by atoms with Crippen LogP contribution in [0.2, 0.25) is 0 Å². The van der Waals surface area contributed by atoms with Crippen LogP contribution in [0.3, 0.4) is 0 Å². The Bertz CT molecular complexity index is 276. The second kappa shape index (κ2) is 10.5. The van der Waals surface area contributed by atoms with Crippen LogP contribution in [0.25, 0.3) is 0 Å². The molecule has 0 spiro atoms. The molecule has 15 heavy (non-hydrogen) atoms. The van der Waals surface area contributed by atoms with Gasteiger partial charge in [0, 0.05) is 12.4 Å². The third kappa shape index (κ3) is 8.69. The van der Waals surface area contributed by atoms with Gasteiger partial charge in [-0.05, 0) is 18.6 Å². The van der Waals surface area contributed by atoms with E-state index in [4.69, 9.17) is 0 Å². The van der Waals surface area contributed by atoms with Crippen molar-refractivity contribution >= 4 is 0 Å². The maximum atomic E-state index is 3.88. The molecule has 2 aromatic rings. The summed E-state index contributed by atoms with van der Waals surface area (Å²) in [6.45, 7) is 6.02. The average molecular weight is 201 g/mol. The lowest BCUT2D eigenvalue weighted by Gasteiger charge is -1.82. The van der Waals surface area contributed by atoms with Crippen LogP contribution in [-0.2, 0) is 0 Å². The van der Waals surface area contributed by atoms with Crippen molar-refractivity contribution < 1.29 is 0 Å². The van der Waals surface area contributed by atoms with E-state index in [1.165, 1.54) is 5.56 Å². The summed E-state index contributed by atoms with van der Waals surface area (Å²) in [6, 6.07) is 15.9. The number of aryl methyl sites for hydroxylation is 1. The van der Waals surface area contributed by atoms with Crippen LogP contribution in [0.15, 0.2) is 60.9 Å². The first-order valence-electron chi connectivity index (χ1n) is 5.26. The molecule has 1 aromatic heterocycles. The van der Waals surface area contributed by atoms with Crippen molar-refractivity contribution in [3.8, 4) is 0 Å². The first-order chi connectivity index (χ1) is 7.39. The minimum atomic E-state index is 1.21. The Morgan fingerprint density at radius 1 is 0.800 bits per heavy atom. The van der Waals surface area contributed by atoms with Crippen molar-refractivity contribution in [3.63, 3.8) is 0 Å². The zero-order valence-electron chi connectivity index (χ0n) is 9.72. The summed E-state index contributed by atoms with van der Waals surface area (Å²) in [5.41, 5.74) is 1.21. The van der Waals surface area contributed by atoms with Gasteiger partial charge in [0.05, 0.1) is 0 Å². The van der Waals surface area contributed by atoms with E-state index < -0.39 is 0 Å². The largest absolute Gasteiger partial charge is 0.264 e. The second-order valence-corrected chi connectivity index (χ2v) is 2.69. The quantitative estimate of drug-likeness (QED) is 0.625. The lowest BCUT2D eigenvalue weighted by atomic mass is 10.3. The Balaban J connectivity index is 0.000000227. The molecule has 80 valence electrons. The van der Waals surface area contributed by atoms with Gasteiger partial charge in [-0.15, -0.1) is 0 Å². The number of pyridine rings is 1. The summed E-state index contributed by atoms with van der Waals surface area (Å²) in [7, 11) is 0. The molecule has 0 amide bonds. The summed E-state index contributed by atoms with van der Waals surface area (Å²) in [5, 5.41) is 0. The zero-order valence-corrected chi connectivity index (χ0v) is 9.72. The van der Waals surface area contributed by atoms with Gasteiger partial charge < -0.3 is 0 Å². The molecule has 0 saturated carbocycles. The minimum absolute atomic E-state index is 1.21. The highest BCUT2D eigenvalue weighted by Gasteiger charge is 1.73. The molecule has 0 radical (unpaired) electrons. The van der Waals surface area contributed by atoms with Gasteiger partial charge in [0.1, 0.15) is 0 Å². The second-order valence-electron chi connectivity index (χ2n) is 2.69. The molecular formula is C14H19N. The summed E-state index contributed by atoms with van der Waals surface area (Å²) < 4.78 is 0. The number of hydrogen-bond donors (Lipinski definition) is 0. The lowest BCUT2D eigenvalue weighted by Crippen LogP contribution is -1.69. The van der Waals surface area contributed by atoms with E-state index in [2.05, 4.69) is 4.98 Å². The molecular weight excluding hydrogens is 182 g/mol. The Hall–Kier alpha value is -1.63. The first-order valence-corrected chi connectivity index (χ1v) is 5.26. The van der Waals surface area contributed by atoms with Crippen molar-refractivity contribution in [3.05, 3.63) is 66.5 Å². The predicted octanol–water partition coefficient (Wildman–Crippen LogP) is 4.10. The molecule has 0 unspecified atom stereocenters. The fourth-order valence-electron chi connectivity index (χ4n) is 0.833. The summed E-state index contributed by atoms with van der Waals surface area (Å²) in [6.07, 6.45) is 3.60. The number of aromatic nitrogens is 1. The third-order valence-electron chi connectivity index (χ3n) is 1.48. The van der Waals surface area contributed by atoms with Crippen molar-refractivity contribution in [1.29, 1.82) is 0 Å². The Morgan fingerprint density at radius 3 is 1.47 bits per heavy atom. The van der Waals surface area contributed by atoms with E-state index in [0.717, 1.165) is 0 Å². The molecule has 0 aliphatic rings. The number of benzene rings is 1. The number of hydrogen-bond acceptors (Lipinski definition) is 1. The van der Waals surface area contributed by atoms with Gasteiger partial charge >= 0.3 is 0 Å². The van der Waals surface area contributed by atoms with Gasteiger partial charge in [0.2, 0.25) is 0 Å². The summed E-state index contributed by atoms with van der Waals surface area (Å²) in [5.74, 6) is 0. The zero-order chi connectivity index (χ0) is 11.4. The molecule has 0 fully saturated rings. The predicted molar refractivity (Wildman–Crippen MR) is 66.8 cm³/mol. The molecule has 0 saturated heterocycles. The smallest absolute Gasteiger partial charge is 0.0297 e. The minimum Gasteiger partial charge on any atom is -0.264 e. The van der Waals surface area contributed by atoms with Crippen LogP contribution >= 0.6 is 0 Å². The van der Waals surface area contributed by atoms with Crippen LogP contribution in [0.5, 0.6) is 0 Å². The molecule has 2 rings (SSSR count). The molecule has 0 aliphatic heterocycles. The van der Waals surface area contributed by atoms with Gasteiger partial charge in [0.15, 0.2) is 0 Å². The standard InChI is InChI=1S/C6H7N.C6H6.C2H6/c1-6-3-2-4-7-5-6;1-2-4-6-5-3-1;1-2/h2-5H,1H3;1-6H;1-2H3. The molecule has 1 nitrogen and oxygen atoms in total. The third-order valence-corrected chi connectivity index (χ3v) is 1.48. The van der Waals surface area contributed by atoms with Crippen molar-refractivity contribution in [1.82, 2.24) is 4.98 Å². The molecule has 1 aromatic carbocycles. The van der Waals surface area contributed by atoms with Crippen LogP contribution < -0.4 is 0 Å². The van der Waals surface area contributed by atoms with Gasteiger partial charge in [-0.25, -0.2) is 0 Å². The van der Waals surface area contributed by atoms with Crippen molar-refractivity contribution in [2.45, 2.75) is 20.8 Å². The van der Waals surface area contributed by atoms with Crippen LogP contribution in [0.1, 0.15) is 19.4 Å². The Morgan fingerprint density at radius 2 is 1.27 bits per heavy atom. The van der Waals surface area contributed by atoms with E-state index in [0.29, 0.717) is 0 Å². The highest BCUT2D eigenvalue weighted by Crippen LogP contribution is 1.88. The first kappa shape index (κ1) is 13.4. The van der Waals surface area contributed by atoms with Crippen LogP contribution in [0, 0.1) is 6.92 Å². The SMILES string of the molecule is CC.Cc1cccnc1.c1ccccc1. The average Bonchev–Trinajstić information content (AvgIpc) is 2.36. The van der Waals surface area contributed by atoms with Crippen molar-refractivity contribution in [2.75, 3.05) is 0 Å². The summed E-state index contributed by atoms with van der Waals surface area (Å²) in [4.78, 5) is 3.88. The molecule has 1 heterocycles. The van der Waals surface area contributed by atoms with E-state index >= 15 is 0 Å². The van der Waals surface area contributed by atoms with E-state index in [-0.39, 0.29) is 0 Å². The Kier molecular flexibility index (Phi) is 9.32. The highest BCUT2D eigenvalue weighted by atomic mass is 14.6. The van der Waals surface area contributed by atoms with E-state index in [1.54, 1.807) is 6.20 Å². The number of nitrogens with zero attached hydrogens (tertiary/aromatic N) is 1. The maximum absolute atomic E-state index is 3.88. The Labute approximate surface area is 92.8 Å². The van der Waals surface area contributed by atoms with E-state index in [1.807, 2.05) is 75.5 Å². The van der Waals surface area contributed by atoms with Crippen LogP contribution in [-0.4, -0.2) is 4.98 Å². The summed E-state index contributed by atoms with van der Waals surface area (Å²) >= 11 is 0. The molecule has 0 bridgehead atoms. The normalized spacial score (nSPS) is 7.67. The molecule has 0 aliphatic carbocycles. The maximum Gasteiger partial charge on any atom is 0.0297 e. The van der Waals surface area contributed by atoms with Crippen LogP contribution in [0.4, 0.5) is 0 Å². The van der Waals surface area contributed by atoms with E-state index in [9.17, 15) is 0 Å². The van der Waals surface area contributed by atoms with Gasteiger partial charge in [-0.1, -0.05) is 56.3 Å². The van der Waals surface area contributed by atoms with Crippen molar-refractivity contribution in [2.24, 2.45) is 0 Å². The molecule has 1 heteroatoms. The fraction of sp³-hybridized carbons (Fsp3) is 0.214. The monoisotopic (exact) mass is 201 g/mol. The highest BCUT2D eigenvalue weighted by molar-refractivity contribution is 5.04. The fourth-order valence-corrected chi connectivity index (χ4v) is 0.833. The lowest BCUT2D eigenvalue weighted by molar-refractivity contribution is 1.27. The van der Waals surface area contributed by atoms with Gasteiger partial charge in [0.25, 0.3) is 0 Å². The van der Waals surface area contributed by atoms with Gasteiger partial charge in [-0.2, -0.15) is 0 Å². The number of rotatable bonds is 0. The molecule has 0 atom stereocenters. The topological polar surface area (TPSA) is 12.9 Å².